The van der Waals surface area contributed by atoms with Gasteiger partial charge in [-0.15, -0.1) is 0 Å². The van der Waals surface area contributed by atoms with Crippen LogP contribution in [0.3, 0.4) is 0 Å². The van der Waals surface area contributed by atoms with Crippen LogP contribution in [0.25, 0.3) is 0 Å². The number of hydrogen-bond donors (Lipinski definition) is 1. The van der Waals surface area contributed by atoms with Crippen LogP contribution in [0.2, 0.25) is 0 Å². The summed E-state index contributed by atoms with van der Waals surface area (Å²) in [6.07, 6.45) is 3.61. The third-order valence-electron chi connectivity index (χ3n) is 3.39. The lowest BCUT2D eigenvalue weighted by Crippen LogP contribution is -2.42. The van der Waals surface area contributed by atoms with Crippen molar-refractivity contribution in [2.24, 2.45) is 11.7 Å². The van der Waals surface area contributed by atoms with Crippen LogP contribution in [0.15, 0.2) is 0 Å². The van der Waals surface area contributed by atoms with Crippen LogP contribution in [0.4, 0.5) is 0 Å². The first-order chi connectivity index (χ1) is 6.44. The van der Waals surface area contributed by atoms with E-state index in [-0.39, 0.29) is 0 Å². The van der Waals surface area contributed by atoms with Gasteiger partial charge in [0.2, 0.25) is 0 Å². The fourth-order valence-corrected chi connectivity index (χ4v) is 1.54. The van der Waals surface area contributed by atoms with Gasteiger partial charge in [-0.1, -0.05) is 13.8 Å². The summed E-state index contributed by atoms with van der Waals surface area (Å²) in [7, 11) is 2.22. The predicted molar refractivity (Wildman–Crippen MR) is 64.5 cm³/mol. The molecule has 0 radical (unpaired) electrons. The second-order valence-electron chi connectivity index (χ2n) is 5.08. The summed E-state index contributed by atoms with van der Waals surface area (Å²) in [6, 6.07) is 0. The molecule has 1 atom stereocenters. The van der Waals surface area contributed by atoms with E-state index in [1.807, 2.05) is 0 Å². The van der Waals surface area contributed by atoms with E-state index in [4.69, 9.17) is 5.73 Å². The maximum absolute atomic E-state index is 5.51. The summed E-state index contributed by atoms with van der Waals surface area (Å²) < 4.78 is 0. The Labute approximate surface area is 89.9 Å². The average molecular weight is 200 g/mol. The first-order valence-electron chi connectivity index (χ1n) is 5.85. The first-order valence-corrected chi connectivity index (χ1v) is 5.85. The molecule has 0 aliphatic heterocycles. The molecule has 0 aromatic carbocycles. The minimum absolute atomic E-state index is 0.330. The molecular formula is C12H28N2. The Bertz CT molecular complexity index is 143. The van der Waals surface area contributed by atoms with Gasteiger partial charge in [0.25, 0.3) is 0 Å². The molecule has 0 aromatic rings. The highest BCUT2D eigenvalue weighted by Gasteiger charge is 2.21. The maximum Gasteiger partial charge on any atom is 0.0147 e. The maximum atomic E-state index is 5.51. The molecule has 2 N–H and O–H groups in total. The van der Waals surface area contributed by atoms with Gasteiger partial charge in [-0.25, -0.2) is 0 Å². The van der Waals surface area contributed by atoms with E-state index in [9.17, 15) is 0 Å². The van der Waals surface area contributed by atoms with Gasteiger partial charge in [-0.2, -0.15) is 0 Å². The topological polar surface area (TPSA) is 29.3 Å². The van der Waals surface area contributed by atoms with Gasteiger partial charge < -0.3 is 10.6 Å². The highest BCUT2D eigenvalue weighted by Crippen LogP contribution is 2.19. The second kappa shape index (κ2) is 6.41. The third-order valence-corrected chi connectivity index (χ3v) is 3.39. The zero-order chi connectivity index (χ0) is 11.2. The molecule has 0 aliphatic carbocycles. The third kappa shape index (κ3) is 4.97. The number of hydrogen-bond acceptors (Lipinski definition) is 2. The molecule has 0 amide bonds. The molecule has 2 nitrogen and oxygen atoms in total. The van der Waals surface area contributed by atoms with Crippen molar-refractivity contribution in [3.05, 3.63) is 0 Å². The summed E-state index contributed by atoms with van der Waals surface area (Å²) in [5.41, 5.74) is 5.84. The van der Waals surface area contributed by atoms with E-state index in [0.717, 1.165) is 18.9 Å². The number of nitrogens with zero attached hydrogens (tertiary/aromatic N) is 1. The summed E-state index contributed by atoms with van der Waals surface area (Å²) in [4.78, 5) is 2.47. The average Bonchev–Trinajstić information content (AvgIpc) is 2.14. The Balaban J connectivity index is 3.86. The molecule has 0 fully saturated rings. The molecule has 0 spiro atoms. The molecule has 0 heterocycles. The molecule has 1 unspecified atom stereocenters. The van der Waals surface area contributed by atoms with Gasteiger partial charge in [0.15, 0.2) is 0 Å². The lowest BCUT2D eigenvalue weighted by molar-refractivity contribution is 0.128. The first kappa shape index (κ1) is 13.9. The van der Waals surface area contributed by atoms with Crippen molar-refractivity contribution in [1.82, 2.24) is 4.90 Å². The zero-order valence-electron chi connectivity index (χ0n) is 10.6. The molecule has 0 bridgehead atoms. The zero-order valence-corrected chi connectivity index (χ0v) is 10.6. The number of rotatable bonds is 7. The van der Waals surface area contributed by atoms with Gasteiger partial charge in [-0.3, -0.25) is 0 Å². The lowest BCUT2D eigenvalue weighted by atomic mass is 9.97. The SMILES string of the molecule is CCC(C)(C)N(C)CC(C)CCCN. The lowest BCUT2D eigenvalue weighted by Gasteiger charge is -2.36. The summed E-state index contributed by atoms with van der Waals surface area (Å²) >= 11 is 0. The summed E-state index contributed by atoms with van der Waals surface area (Å²) in [5, 5.41) is 0. The molecule has 2 heteroatoms. The fourth-order valence-electron chi connectivity index (χ4n) is 1.54. The van der Waals surface area contributed by atoms with Crippen LogP contribution < -0.4 is 5.73 Å². The minimum atomic E-state index is 0.330. The smallest absolute Gasteiger partial charge is 0.0147 e. The number of nitrogens with two attached hydrogens (primary N) is 1. The second-order valence-corrected chi connectivity index (χ2v) is 5.08. The fraction of sp³-hybridized carbons (Fsp3) is 1.00. The normalized spacial score (nSPS) is 14.8. The minimum Gasteiger partial charge on any atom is -0.330 e. The monoisotopic (exact) mass is 200 g/mol. The van der Waals surface area contributed by atoms with Crippen molar-refractivity contribution in [2.75, 3.05) is 20.1 Å². The van der Waals surface area contributed by atoms with Gasteiger partial charge in [0.1, 0.15) is 0 Å². The van der Waals surface area contributed by atoms with E-state index >= 15 is 0 Å². The molecule has 0 saturated heterocycles. The van der Waals surface area contributed by atoms with Gasteiger partial charge in [-0.05, 0) is 52.6 Å². The molecule has 14 heavy (non-hydrogen) atoms. The van der Waals surface area contributed by atoms with Crippen LogP contribution in [-0.2, 0) is 0 Å². The standard InChI is InChI=1S/C12H28N2/c1-6-12(3,4)14(5)10-11(2)8-7-9-13/h11H,6-10,13H2,1-5H3. The van der Waals surface area contributed by atoms with Gasteiger partial charge in [0, 0.05) is 12.1 Å². The Morgan fingerprint density at radius 3 is 2.36 bits per heavy atom. The highest BCUT2D eigenvalue weighted by molar-refractivity contribution is 4.78. The molecule has 86 valence electrons. The Morgan fingerprint density at radius 2 is 1.93 bits per heavy atom. The van der Waals surface area contributed by atoms with Gasteiger partial charge >= 0.3 is 0 Å². The molecule has 0 aliphatic rings. The van der Waals surface area contributed by atoms with Crippen LogP contribution in [-0.4, -0.2) is 30.6 Å². The Kier molecular flexibility index (Phi) is 6.38. The van der Waals surface area contributed by atoms with Crippen molar-refractivity contribution < 1.29 is 0 Å². The van der Waals surface area contributed by atoms with Gasteiger partial charge in [0.05, 0.1) is 0 Å². The van der Waals surface area contributed by atoms with E-state index < -0.39 is 0 Å². The molecule has 0 aromatic heterocycles. The Morgan fingerprint density at radius 1 is 1.36 bits per heavy atom. The van der Waals surface area contributed by atoms with Crippen LogP contribution in [0, 0.1) is 5.92 Å². The van der Waals surface area contributed by atoms with Crippen molar-refractivity contribution >= 4 is 0 Å². The molecule has 0 rings (SSSR count). The Hall–Kier alpha value is -0.0800. The largest absolute Gasteiger partial charge is 0.330 e. The van der Waals surface area contributed by atoms with Crippen LogP contribution in [0.5, 0.6) is 0 Å². The van der Waals surface area contributed by atoms with E-state index in [1.54, 1.807) is 0 Å². The van der Waals surface area contributed by atoms with Crippen molar-refractivity contribution in [3.8, 4) is 0 Å². The molecule has 0 saturated carbocycles. The molecular weight excluding hydrogens is 172 g/mol. The quantitative estimate of drug-likeness (QED) is 0.684. The van der Waals surface area contributed by atoms with Crippen molar-refractivity contribution in [1.29, 1.82) is 0 Å². The van der Waals surface area contributed by atoms with E-state index in [0.29, 0.717) is 5.54 Å². The highest BCUT2D eigenvalue weighted by atomic mass is 15.2. The van der Waals surface area contributed by atoms with Crippen LogP contribution >= 0.6 is 0 Å². The van der Waals surface area contributed by atoms with E-state index in [2.05, 4.69) is 39.6 Å². The van der Waals surface area contributed by atoms with Crippen molar-refractivity contribution in [3.63, 3.8) is 0 Å². The van der Waals surface area contributed by atoms with E-state index in [1.165, 1.54) is 19.4 Å². The predicted octanol–water partition coefficient (Wildman–Crippen LogP) is 2.48. The summed E-state index contributed by atoms with van der Waals surface area (Å²) in [6.45, 7) is 11.2. The van der Waals surface area contributed by atoms with Crippen molar-refractivity contribution in [2.45, 2.75) is 52.5 Å². The summed E-state index contributed by atoms with van der Waals surface area (Å²) in [5.74, 6) is 0.759. The van der Waals surface area contributed by atoms with Crippen LogP contribution in [0.1, 0.15) is 47.0 Å².